The van der Waals surface area contributed by atoms with Gasteiger partial charge in [0.1, 0.15) is 6.04 Å². The predicted octanol–water partition coefficient (Wildman–Crippen LogP) is 2.75. The van der Waals surface area contributed by atoms with E-state index in [9.17, 15) is 9.59 Å². The summed E-state index contributed by atoms with van der Waals surface area (Å²) in [6.45, 7) is 7.23. The Kier molecular flexibility index (Phi) is 10.1. The van der Waals surface area contributed by atoms with Crippen molar-refractivity contribution in [2.75, 3.05) is 6.54 Å². The van der Waals surface area contributed by atoms with Crippen LogP contribution in [0.5, 0.6) is 0 Å². The van der Waals surface area contributed by atoms with E-state index < -0.39 is 18.0 Å². The molecule has 0 aromatic heterocycles. The van der Waals surface area contributed by atoms with Gasteiger partial charge < -0.3 is 15.5 Å². The molecule has 0 heterocycles. The molecule has 0 saturated heterocycles. The quantitative estimate of drug-likeness (QED) is 0.514. The molecule has 0 aliphatic heterocycles. The largest absolute Gasteiger partial charge is 0.481 e. The fourth-order valence-electron chi connectivity index (χ4n) is 2.10. The third-order valence-electron chi connectivity index (χ3n) is 3.45. The molecule has 0 fully saturated rings. The summed E-state index contributed by atoms with van der Waals surface area (Å²) in [6.07, 6.45) is 4.54. The molecule has 0 aromatic rings. The van der Waals surface area contributed by atoms with E-state index in [1.54, 1.807) is 0 Å². The Balaban J connectivity index is 3.81. The van der Waals surface area contributed by atoms with Gasteiger partial charge in [-0.25, -0.2) is 0 Å². The van der Waals surface area contributed by atoms with E-state index in [1.165, 1.54) is 12.8 Å². The van der Waals surface area contributed by atoms with Crippen LogP contribution in [0.4, 0.5) is 0 Å². The highest BCUT2D eigenvalue weighted by molar-refractivity contribution is 5.75. The van der Waals surface area contributed by atoms with Crippen molar-refractivity contribution in [3.63, 3.8) is 0 Å². The summed E-state index contributed by atoms with van der Waals surface area (Å²) in [5.41, 5.74) is 0. The molecule has 118 valence electrons. The Labute approximate surface area is 121 Å². The van der Waals surface area contributed by atoms with Crippen molar-refractivity contribution in [2.24, 2.45) is 11.8 Å². The number of aliphatic carboxylic acids is 2. The SMILES string of the molecule is CC(C)CCCC(C)CCN[C@@H](CCC(=O)O)C(=O)O. The Morgan fingerprint density at radius 3 is 2.15 bits per heavy atom. The van der Waals surface area contributed by atoms with Crippen molar-refractivity contribution >= 4 is 11.9 Å². The van der Waals surface area contributed by atoms with Crippen LogP contribution in [-0.2, 0) is 9.59 Å². The third-order valence-corrected chi connectivity index (χ3v) is 3.45. The minimum atomic E-state index is -0.973. The lowest BCUT2D eigenvalue weighted by atomic mass is 9.97. The molecule has 20 heavy (non-hydrogen) atoms. The highest BCUT2D eigenvalue weighted by Gasteiger charge is 2.17. The summed E-state index contributed by atoms with van der Waals surface area (Å²) in [7, 11) is 0. The van der Waals surface area contributed by atoms with Crippen LogP contribution in [-0.4, -0.2) is 34.7 Å². The summed E-state index contributed by atoms with van der Waals surface area (Å²) < 4.78 is 0. The summed E-state index contributed by atoms with van der Waals surface area (Å²) in [4.78, 5) is 21.4. The molecule has 0 aromatic carbocycles. The lowest BCUT2D eigenvalue weighted by Crippen LogP contribution is -2.38. The standard InChI is InChI=1S/C15H29NO4/c1-11(2)5-4-6-12(3)9-10-16-13(15(19)20)7-8-14(17)18/h11-13,16H,4-10H2,1-3H3,(H,17,18)(H,19,20)/t12?,13-/m0/s1. The number of carbonyl (C=O) groups is 2. The minimum Gasteiger partial charge on any atom is -0.481 e. The molecule has 5 nitrogen and oxygen atoms in total. The maximum atomic E-state index is 11.0. The van der Waals surface area contributed by atoms with Crippen LogP contribution >= 0.6 is 0 Å². The molecule has 0 bridgehead atoms. The van der Waals surface area contributed by atoms with Crippen molar-refractivity contribution in [1.82, 2.24) is 5.32 Å². The second kappa shape index (κ2) is 10.7. The Morgan fingerprint density at radius 2 is 1.65 bits per heavy atom. The van der Waals surface area contributed by atoms with Gasteiger partial charge in [0.2, 0.25) is 0 Å². The van der Waals surface area contributed by atoms with Gasteiger partial charge in [0.25, 0.3) is 0 Å². The van der Waals surface area contributed by atoms with Gasteiger partial charge in [-0.3, -0.25) is 9.59 Å². The molecule has 3 N–H and O–H groups in total. The van der Waals surface area contributed by atoms with Crippen LogP contribution in [0.1, 0.15) is 59.3 Å². The Morgan fingerprint density at radius 1 is 1.00 bits per heavy atom. The van der Waals surface area contributed by atoms with E-state index in [1.807, 2.05) is 0 Å². The maximum Gasteiger partial charge on any atom is 0.320 e. The van der Waals surface area contributed by atoms with Crippen molar-refractivity contribution < 1.29 is 19.8 Å². The van der Waals surface area contributed by atoms with Crippen LogP contribution in [0.15, 0.2) is 0 Å². The monoisotopic (exact) mass is 287 g/mol. The van der Waals surface area contributed by atoms with Crippen LogP contribution in [0.25, 0.3) is 0 Å². The maximum absolute atomic E-state index is 11.0. The molecule has 0 amide bonds. The lowest BCUT2D eigenvalue weighted by molar-refractivity contribution is -0.140. The second-order valence-electron chi connectivity index (χ2n) is 6.00. The van der Waals surface area contributed by atoms with Gasteiger partial charge in [-0.05, 0) is 31.2 Å². The molecular formula is C15H29NO4. The van der Waals surface area contributed by atoms with E-state index in [0.29, 0.717) is 12.5 Å². The van der Waals surface area contributed by atoms with Gasteiger partial charge in [0, 0.05) is 6.42 Å². The van der Waals surface area contributed by atoms with E-state index in [2.05, 4.69) is 26.1 Å². The first kappa shape index (κ1) is 18.9. The third kappa shape index (κ3) is 10.8. The van der Waals surface area contributed by atoms with Gasteiger partial charge in [-0.1, -0.05) is 40.0 Å². The van der Waals surface area contributed by atoms with Gasteiger partial charge >= 0.3 is 11.9 Å². The number of hydrogen-bond donors (Lipinski definition) is 3. The number of hydrogen-bond acceptors (Lipinski definition) is 3. The zero-order chi connectivity index (χ0) is 15.5. The summed E-state index contributed by atoms with van der Waals surface area (Å²) in [5.74, 6) is -0.637. The molecule has 1 unspecified atom stereocenters. The highest BCUT2D eigenvalue weighted by Crippen LogP contribution is 2.14. The van der Waals surface area contributed by atoms with E-state index in [0.717, 1.165) is 18.8 Å². The van der Waals surface area contributed by atoms with Crippen LogP contribution in [0.2, 0.25) is 0 Å². The smallest absolute Gasteiger partial charge is 0.320 e. The fraction of sp³-hybridized carbons (Fsp3) is 0.867. The van der Waals surface area contributed by atoms with Crippen molar-refractivity contribution in [2.45, 2.75) is 65.3 Å². The molecule has 0 rings (SSSR count). The van der Waals surface area contributed by atoms with Crippen molar-refractivity contribution in [3.8, 4) is 0 Å². The number of rotatable bonds is 12. The molecule has 0 saturated carbocycles. The first-order valence-corrected chi connectivity index (χ1v) is 7.50. The summed E-state index contributed by atoms with van der Waals surface area (Å²) >= 11 is 0. The van der Waals surface area contributed by atoms with Crippen molar-refractivity contribution in [3.05, 3.63) is 0 Å². The molecule has 0 aliphatic carbocycles. The normalized spacial score (nSPS) is 14.2. The van der Waals surface area contributed by atoms with Gasteiger partial charge in [0.05, 0.1) is 0 Å². The second-order valence-corrected chi connectivity index (χ2v) is 6.00. The molecule has 0 aliphatic rings. The zero-order valence-electron chi connectivity index (χ0n) is 12.9. The average Bonchev–Trinajstić information content (AvgIpc) is 2.32. The number of carboxylic acids is 2. The molecule has 2 atom stereocenters. The van der Waals surface area contributed by atoms with Crippen molar-refractivity contribution in [1.29, 1.82) is 0 Å². The molecule has 0 spiro atoms. The first-order valence-electron chi connectivity index (χ1n) is 7.50. The first-order chi connectivity index (χ1) is 9.32. The van der Waals surface area contributed by atoms with E-state index >= 15 is 0 Å². The van der Waals surface area contributed by atoms with E-state index in [4.69, 9.17) is 10.2 Å². The minimum absolute atomic E-state index is 0.117. The Hall–Kier alpha value is -1.10. The van der Waals surface area contributed by atoms with Crippen LogP contribution in [0.3, 0.4) is 0 Å². The summed E-state index contributed by atoms with van der Waals surface area (Å²) in [5, 5.41) is 20.5. The van der Waals surface area contributed by atoms with Gasteiger partial charge in [-0.15, -0.1) is 0 Å². The topological polar surface area (TPSA) is 86.6 Å². The number of carboxylic acid groups (broad SMARTS) is 2. The van der Waals surface area contributed by atoms with Gasteiger partial charge in [0.15, 0.2) is 0 Å². The summed E-state index contributed by atoms with van der Waals surface area (Å²) in [6, 6.07) is -0.756. The predicted molar refractivity (Wildman–Crippen MR) is 78.8 cm³/mol. The van der Waals surface area contributed by atoms with Crippen LogP contribution in [0, 0.1) is 11.8 Å². The molecular weight excluding hydrogens is 258 g/mol. The Bertz CT molecular complexity index is 292. The molecule has 0 radical (unpaired) electrons. The van der Waals surface area contributed by atoms with Crippen LogP contribution < -0.4 is 5.32 Å². The number of nitrogens with one attached hydrogen (secondary N) is 1. The van der Waals surface area contributed by atoms with Gasteiger partial charge in [-0.2, -0.15) is 0 Å². The highest BCUT2D eigenvalue weighted by atomic mass is 16.4. The fourth-order valence-corrected chi connectivity index (χ4v) is 2.10. The van der Waals surface area contributed by atoms with E-state index in [-0.39, 0.29) is 12.8 Å². The lowest BCUT2D eigenvalue weighted by Gasteiger charge is -2.16. The molecule has 5 heteroatoms. The average molecular weight is 287 g/mol. The zero-order valence-corrected chi connectivity index (χ0v) is 12.9.